The number of hydrogen-bond donors (Lipinski definition) is 0. The third kappa shape index (κ3) is 3.54. The SMILES string of the molecule is CC(C(=O)c1ccc(Cl)cc1)S(=O)c1ccc(F)cc1F. The van der Waals surface area contributed by atoms with Crippen molar-refractivity contribution < 1.29 is 17.8 Å². The Kier molecular flexibility index (Phi) is 4.85. The molecule has 0 N–H and O–H groups in total. The van der Waals surface area contributed by atoms with Gasteiger partial charge < -0.3 is 0 Å². The van der Waals surface area contributed by atoms with Crippen LogP contribution in [0.4, 0.5) is 8.78 Å². The minimum absolute atomic E-state index is 0.189. The van der Waals surface area contributed by atoms with E-state index in [-0.39, 0.29) is 4.90 Å². The number of halogens is 3. The van der Waals surface area contributed by atoms with Gasteiger partial charge in [0.15, 0.2) is 5.78 Å². The van der Waals surface area contributed by atoms with E-state index in [0.29, 0.717) is 16.7 Å². The first-order chi connectivity index (χ1) is 9.90. The van der Waals surface area contributed by atoms with Gasteiger partial charge in [-0.25, -0.2) is 8.78 Å². The molecule has 0 amide bonds. The molecule has 0 spiro atoms. The Bertz CT molecular complexity index is 701. The first-order valence-electron chi connectivity index (χ1n) is 6.05. The molecular formula is C15H11ClF2O2S. The van der Waals surface area contributed by atoms with Gasteiger partial charge in [0.25, 0.3) is 0 Å². The van der Waals surface area contributed by atoms with E-state index in [9.17, 15) is 17.8 Å². The molecule has 2 atom stereocenters. The zero-order valence-electron chi connectivity index (χ0n) is 11.0. The van der Waals surface area contributed by atoms with Crippen molar-refractivity contribution in [1.82, 2.24) is 0 Å². The van der Waals surface area contributed by atoms with E-state index in [2.05, 4.69) is 0 Å². The van der Waals surface area contributed by atoms with E-state index in [0.717, 1.165) is 12.1 Å². The quantitative estimate of drug-likeness (QED) is 0.795. The lowest BCUT2D eigenvalue weighted by molar-refractivity contribution is 0.0992. The van der Waals surface area contributed by atoms with Crippen molar-refractivity contribution in [1.29, 1.82) is 0 Å². The molecule has 0 radical (unpaired) electrons. The standard InChI is InChI=1S/C15H11ClF2O2S/c1-9(15(19)10-2-4-11(16)5-3-10)21(20)14-7-6-12(17)8-13(14)18/h2-9H,1H3. The third-order valence-corrected chi connectivity index (χ3v) is 4.80. The summed E-state index contributed by atoms with van der Waals surface area (Å²) in [5.41, 5.74) is 0.336. The van der Waals surface area contributed by atoms with Crippen LogP contribution in [0, 0.1) is 11.6 Å². The minimum atomic E-state index is -1.91. The number of hydrogen-bond acceptors (Lipinski definition) is 2. The normalized spacial score (nSPS) is 13.7. The van der Waals surface area contributed by atoms with Gasteiger partial charge >= 0.3 is 0 Å². The first-order valence-corrected chi connectivity index (χ1v) is 7.64. The molecule has 2 rings (SSSR count). The fourth-order valence-corrected chi connectivity index (χ4v) is 3.07. The fraction of sp³-hybridized carbons (Fsp3) is 0.133. The number of Topliss-reactive ketones (excluding diaryl/α,β-unsaturated/α-hetero) is 1. The molecule has 6 heteroatoms. The minimum Gasteiger partial charge on any atom is -0.293 e. The summed E-state index contributed by atoms with van der Waals surface area (Å²) in [4.78, 5) is 12.0. The maximum absolute atomic E-state index is 13.6. The van der Waals surface area contributed by atoms with Crippen LogP contribution in [0.25, 0.3) is 0 Å². The number of carbonyl (C=O) groups excluding carboxylic acids is 1. The zero-order valence-corrected chi connectivity index (χ0v) is 12.5. The summed E-state index contributed by atoms with van der Waals surface area (Å²) in [7, 11) is -1.91. The molecule has 21 heavy (non-hydrogen) atoms. The molecule has 2 aromatic carbocycles. The molecule has 0 saturated heterocycles. The molecule has 0 aromatic heterocycles. The second-order valence-corrected chi connectivity index (χ2v) is 6.56. The lowest BCUT2D eigenvalue weighted by atomic mass is 10.1. The Hall–Kier alpha value is -1.59. The van der Waals surface area contributed by atoms with Crippen LogP contribution in [-0.2, 0) is 10.8 Å². The molecular weight excluding hydrogens is 318 g/mol. The molecule has 0 heterocycles. The third-order valence-electron chi connectivity index (χ3n) is 2.93. The van der Waals surface area contributed by atoms with E-state index in [1.54, 1.807) is 12.1 Å². The van der Waals surface area contributed by atoms with Crippen LogP contribution in [-0.4, -0.2) is 15.2 Å². The van der Waals surface area contributed by atoms with Crippen LogP contribution in [0.1, 0.15) is 17.3 Å². The summed E-state index contributed by atoms with van der Waals surface area (Å²) in [6, 6.07) is 8.86. The van der Waals surface area contributed by atoms with Crippen LogP contribution in [0.3, 0.4) is 0 Å². The summed E-state index contributed by atoms with van der Waals surface area (Å²) in [6.07, 6.45) is 0. The first kappa shape index (κ1) is 15.8. The van der Waals surface area contributed by atoms with Gasteiger partial charge in [-0.2, -0.15) is 0 Å². The number of benzene rings is 2. The van der Waals surface area contributed by atoms with Crippen LogP contribution in [0.2, 0.25) is 5.02 Å². The maximum atomic E-state index is 13.6. The Morgan fingerprint density at radius 1 is 1.14 bits per heavy atom. The number of carbonyl (C=O) groups is 1. The van der Waals surface area contributed by atoms with Crippen LogP contribution >= 0.6 is 11.6 Å². The van der Waals surface area contributed by atoms with Crippen LogP contribution in [0.15, 0.2) is 47.4 Å². The van der Waals surface area contributed by atoms with E-state index >= 15 is 0 Å². The molecule has 0 aliphatic carbocycles. The molecule has 0 saturated carbocycles. The van der Waals surface area contributed by atoms with Gasteiger partial charge in [0, 0.05) is 16.7 Å². The van der Waals surface area contributed by atoms with Gasteiger partial charge in [0.1, 0.15) is 11.6 Å². The number of ketones is 1. The molecule has 0 fully saturated rings. The van der Waals surface area contributed by atoms with Crippen molar-refractivity contribution in [3.05, 3.63) is 64.7 Å². The molecule has 0 bridgehead atoms. The van der Waals surface area contributed by atoms with Crippen LogP contribution in [0.5, 0.6) is 0 Å². The summed E-state index contributed by atoms with van der Waals surface area (Å²) >= 11 is 5.73. The average Bonchev–Trinajstić information content (AvgIpc) is 2.46. The summed E-state index contributed by atoms with van der Waals surface area (Å²) in [5, 5.41) is -0.476. The molecule has 2 aromatic rings. The Labute approximate surface area is 128 Å². The summed E-state index contributed by atoms with van der Waals surface area (Å²) in [6.45, 7) is 1.44. The van der Waals surface area contributed by atoms with Gasteiger partial charge in [0.05, 0.1) is 20.9 Å². The van der Waals surface area contributed by atoms with Crippen molar-refractivity contribution in [2.24, 2.45) is 0 Å². The summed E-state index contributed by atoms with van der Waals surface area (Å²) < 4.78 is 38.7. The van der Waals surface area contributed by atoms with Crippen LogP contribution < -0.4 is 0 Å². The molecule has 0 aliphatic rings. The summed E-state index contributed by atoms with van der Waals surface area (Å²) in [5.74, 6) is -2.08. The van der Waals surface area contributed by atoms with Crippen molar-refractivity contribution in [3.63, 3.8) is 0 Å². The molecule has 2 nitrogen and oxygen atoms in total. The Morgan fingerprint density at radius 2 is 1.76 bits per heavy atom. The van der Waals surface area contributed by atoms with Gasteiger partial charge in [-0.3, -0.25) is 9.00 Å². The van der Waals surface area contributed by atoms with Crippen molar-refractivity contribution in [2.45, 2.75) is 17.1 Å². The topological polar surface area (TPSA) is 34.1 Å². The van der Waals surface area contributed by atoms with Gasteiger partial charge in [-0.1, -0.05) is 11.6 Å². The highest BCUT2D eigenvalue weighted by Gasteiger charge is 2.25. The van der Waals surface area contributed by atoms with E-state index in [4.69, 9.17) is 11.6 Å². The molecule has 2 unspecified atom stereocenters. The highest BCUT2D eigenvalue weighted by molar-refractivity contribution is 7.86. The lowest BCUT2D eigenvalue weighted by Gasteiger charge is -2.11. The smallest absolute Gasteiger partial charge is 0.178 e. The Balaban J connectivity index is 2.26. The average molecular weight is 329 g/mol. The number of rotatable bonds is 4. The highest BCUT2D eigenvalue weighted by atomic mass is 35.5. The lowest BCUT2D eigenvalue weighted by Crippen LogP contribution is -2.23. The van der Waals surface area contributed by atoms with E-state index in [1.165, 1.54) is 19.1 Å². The van der Waals surface area contributed by atoms with E-state index < -0.39 is 33.5 Å². The molecule has 110 valence electrons. The van der Waals surface area contributed by atoms with E-state index in [1.807, 2.05) is 0 Å². The predicted octanol–water partition coefficient (Wildman–Crippen LogP) is 4.00. The Morgan fingerprint density at radius 3 is 2.33 bits per heavy atom. The van der Waals surface area contributed by atoms with Crippen molar-refractivity contribution in [3.8, 4) is 0 Å². The van der Waals surface area contributed by atoms with Crippen molar-refractivity contribution >= 4 is 28.2 Å². The van der Waals surface area contributed by atoms with Gasteiger partial charge in [-0.05, 0) is 43.3 Å². The monoisotopic (exact) mass is 328 g/mol. The highest BCUT2D eigenvalue weighted by Crippen LogP contribution is 2.20. The zero-order chi connectivity index (χ0) is 15.6. The maximum Gasteiger partial charge on any atom is 0.178 e. The second kappa shape index (κ2) is 6.45. The second-order valence-electron chi connectivity index (χ2n) is 4.39. The predicted molar refractivity (Wildman–Crippen MR) is 78.0 cm³/mol. The van der Waals surface area contributed by atoms with Crippen molar-refractivity contribution in [2.75, 3.05) is 0 Å². The van der Waals surface area contributed by atoms with Gasteiger partial charge in [-0.15, -0.1) is 0 Å². The van der Waals surface area contributed by atoms with Gasteiger partial charge in [0.2, 0.25) is 0 Å². The largest absolute Gasteiger partial charge is 0.293 e. The fourth-order valence-electron chi connectivity index (χ4n) is 1.77. The molecule has 0 aliphatic heterocycles.